The molecule has 3 saturated carbocycles. The minimum Gasteiger partial charge on any atom is -0.392 e. The van der Waals surface area contributed by atoms with Crippen LogP contribution < -0.4 is 0 Å². The second-order valence-corrected chi connectivity index (χ2v) is 15.2. The molecule has 8 heteroatoms. The number of hydrogen-bond donors (Lipinski definition) is 1. The third-order valence-electron chi connectivity index (χ3n) is 11.8. The number of allylic oxidation sites excluding steroid dienone is 2. The minimum absolute atomic E-state index is 0.0330. The number of piperidine rings is 1. The highest BCUT2D eigenvalue weighted by Gasteiger charge is 2.39. The summed E-state index contributed by atoms with van der Waals surface area (Å²) in [5, 5.41) is 11.3. The van der Waals surface area contributed by atoms with Crippen LogP contribution >= 0.6 is 0 Å². The first-order valence-electron chi connectivity index (χ1n) is 19.4. The smallest absolute Gasteiger partial charge is 0.164 e. The van der Waals surface area contributed by atoms with Crippen molar-refractivity contribution in [1.82, 2.24) is 4.90 Å². The van der Waals surface area contributed by atoms with Gasteiger partial charge in [0.05, 0.1) is 31.0 Å². The van der Waals surface area contributed by atoms with Gasteiger partial charge in [0.15, 0.2) is 18.4 Å². The van der Waals surface area contributed by atoms with Crippen molar-refractivity contribution in [3.8, 4) is 0 Å². The maximum Gasteiger partial charge on any atom is 0.164 e. The predicted octanol–water partition coefficient (Wildman–Crippen LogP) is 6.72. The Morgan fingerprint density at radius 3 is 1.96 bits per heavy atom. The van der Waals surface area contributed by atoms with Gasteiger partial charge in [-0.25, -0.2) is 0 Å². The number of likely N-dealkylation sites (tertiary alicyclic amines) is 1. The predicted molar refractivity (Wildman–Crippen MR) is 177 cm³/mol. The summed E-state index contributed by atoms with van der Waals surface area (Å²) in [7, 11) is 0. The summed E-state index contributed by atoms with van der Waals surface area (Å²) >= 11 is 0. The normalized spacial score (nSPS) is 38.8. The molecule has 0 aromatic rings. The van der Waals surface area contributed by atoms with Gasteiger partial charge in [0.1, 0.15) is 0 Å². The second kappa shape index (κ2) is 18.2. The Kier molecular flexibility index (Phi) is 13.8. The highest BCUT2D eigenvalue weighted by Crippen LogP contribution is 2.39. The molecule has 5 atom stereocenters. The number of nitrogens with zero attached hydrogens (tertiary/aromatic N) is 1. The van der Waals surface area contributed by atoms with Crippen LogP contribution in [0.2, 0.25) is 0 Å². The fraction of sp³-hybridized carbons (Fsp3) is 0.921. The Morgan fingerprint density at radius 1 is 0.696 bits per heavy atom. The van der Waals surface area contributed by atoms with Crippen LogP contribution in [0.4, 0.5) is 0 Å². The van der Waals surface area contributed by atoms with E-state index in [1.807, 2.05) is 0 Å². The van der Waals surface area contributed by atoms with Crippen molar-refractivity contribution in [2.24, 2.45) is 17.8 Å². The Morgan fingerprint density at radius 2 is 1.33 bits per heavy atom. The van der Waals surface area contributed by atoms with Crippen molar-refractivity contribution in [2.45, 2.75) is 165 Å². The molecule has 1 N–H and O–H groups in total. The summed E-state index contributed by atoms with van der Waals surface area (Å²) in [6.45, 7) is 5.89. The summed E-state index contributed by atoms with van der Waals surface area (Å²) < 4.78 is 30.6. The van der Waals surface area contributed by atoms with Gasteiger partial charge < -0.3 is 33.7 Å². The molecule has 6 rings (SSSR count). The summed E-state index contributed by atoms with van der Waals surface area (Å²) in [5.41, 5.74) is 1.00. The second-order valence-electron chi connectivity index (χ2n) is 15.2. The standard InChI is InChI=1S/C38H63NO7/c40-35-27-32(46-37-9-3-7-24-44-37)18-19-33(35)38(41)34(29-12-16-31(17-13-29)45-36-8-2-6-23-43-36)26-28-10-14-30(15-11-28)42-25-22-39-20-4-1-5-21-39/h26,28-33,35-37,40H,1-25,27H2/b34-26+. The first kappa shape index (κ1) is 35.0. The molecule has 0 aromatic carbocycles. The molecular formula is C38H63NO7. The number of ether oxygens (including phenoxy) is 5. The Balaban J connectivity index is 1.04. The number of rotatable bonds is 12. The first-order valence-corrected chi connectivity index (χ1v) is 19.4. The van der Waals surface area contributed by atoms with Crippen LogP contribution in [0, 0.1) is 17.8 Å². The molecule has 46 heavy (non-hydrogen) atoms. The molecule has 262 valence electrons. The first-order chi connectivity index (χ1) is 22.6. The molecular weight excluding hydrogens is 582 g/mol. The van der Waals surface area contributed by atoms with E-state index >= 15 is 0 Å². The third-order valence-corrected chi connectivity index (χ3v) is 11.8. The zero-order valence-corrected chi connectivity index (χ0v) is 28.5. The summed E-state index contributed by atoms with van der Waals surface area (Å²) in [5.74, 6) is 0.512. The number of ketones is 1. The zero-order chi connectivity index (χ0) is 31.6. The topological polar surface area (TPSA) is 86.7 Å². The molecule has 0 amide bonds. The van der Waals surface area contributed by atoms with Gasteiger partial charge in [-0.05, 0) is 146 Å². The molecule has 0 radical (unpaired) electrons. The van der Waals surface area contributed by atoms with Crippen LogP contribution in [0.5, 0.6) is 0 Å². The number of carbonyl (C=O) groups excluding carboxylic acids is 1. The fourth-order valence-electron chi connectivity index (χ4n) is 8.96. The van der Waals surface area contributed by atoms with Gasteiger partial charge in [-0.1, -0.05) is 12.5 Å². The number of carbonyl (C=O) groups is 1. The lowest BCUT2D eigenvalue weighted by molar-refractivity contribution is -0.201. The average Bonchev–Trinajstić information content (AvgIpc) is 3.09. The molecule has 3 heterocycles. The number of aliphatic hydroxyl groups is 1. The van der Waals surface area contributed by atoms with Crippen molar-refractivity contribution >= 4 is 5.78 Å². The van der Waals surface area contributed by atoms with E-state index in [4.69, 9.17) is 23.7 Å². The van der Waals surface area contributed by atoms with Crippen molar-refractivity contribution in [3.63, 3.8) is 0 Å². The van der Waals surface area contributed by atoms with Gasteiger partial charge >= 0.3 is 0 Å². The molecule has 6 aliphatic rings. The number of hydrogen-bond acceptors (Lipinski definition) is 8. The van der Waals surface area contributed by atoms with Crippen LogP contribution in [0.15, 0.2) is 11.6 Å². The SMILES string of the molecule is O=C(/C(=C/C1CCC(OCCN2CCCCC2)CC1)C1CCC(OC2CCCCO2)CC1)C1CCC(OC2CCCCO2)CC1O. The molecule has 8 nitrogen and oxygen atoms in total. The van der Waals surface area contributed by atoms with Crippen molar-refractivity contribution in [3.05, 3.63) is 11.6 Å². The minimum atomic E-state index is -0.662. The van der Waals surface area contributed by atoms with E-state index in [1.165, 1.54) is 38.8 Å². The van der Waals surface area contributed by atoms with Crippen molar-refractivity contribution in [1.29, 1.82) is 0 Å². The van der Waals surface area contributed by atoms with Crippen molar-refractivity contribution < 1.29 is 33.6 Å². The van der Waals surface area contributed by atoms with Crippen LogP contribution in [0.3, 0.4) is 0 Å². The highest BCUT2D eigenvalue weighted by molar-refractivity contribution is 5.98. The van der Waals surface area contributed by atoms with E-state index in [0.29, 0.717) is 24.9 Å². The highest BCUT2D eigenvalue weighted by atomic mass is 16.7. The Labute approximate surface area is 278 Å². The van der Waals surface area contributed by atoms with Crippen molar-refractivity contribution in [2.75, 3.05) is 39.5 Å². The Bertz CT molecular complexity index is 925. The number of Topliss-reactive ketones (excluding diaryl/α,β-unsaturated/α-hetero) is 1. The number of aliphatic hydroxyl groups excluding tert-OH is 1. The summed E-state index contributed by atoms with van der Waals surface area (Å²) in [4.78, 5) is 16.9. The average molecular weight is 646 g/mol. The molecule has 3 saturated heterocycles. The Hall–Kier alpha value is -0.870. The molecule has 0 aromatic heterocycles. The van der Waals surface area contributed by atoms with Gasteiger partial charge in [-0.3, -0.25) is 4.79 Å². The lowest BCUT2D eigenvalue weighted by Crippen LogP contribution is -2.41. The van der Waals surface area contributed by atoms with Crippen LogP contribution in [0.1, 0.15) is 128 Å². The van der Waals surface area contributed by atoms with E-state index in [2.05, 4.69) is 11.0 Å². The molecule has 0 spiro atoms. The van der Waals surface area contributed by atoms with E-state index in [1.54, 1.807) is 0 Å². The third kappa shape index (κ3) is 10.3. The van der Waals surface area contributed by atoms with Crippen LogP contribution in [0.25, 0.3) is 0 Å². The monoisotopic (exact) mass is 645 g/mol. The fourth-order valence-corrected chi connectivity index (χ4v) is 8.96. The summed E-state index contributed by atoms with van der Waals surface area (Å²) in [6, 6.07) is 0. The van der Waals surface area contributed by atoms with E-state index in [-0.39, 0.29) is 42.4 Å². The molecule has 0 bridgehead atoms. The zero-order valence-electron chi connectivity index (χ0n) is 28.5. The van der Waals surface area contributed by atoms with Gasteiger partial charge in [-0.15, -0.1) is 0 Å². The maximum absolute atomic E-state index is 14.4. The summed E-state index contributed by atoms with van der Waals surface area (Å²) in [6.07, 6.45) is 22.6. The molecule has 6 fully saturated rings. The van der Waals surface area contributed by atoms with Gasteiger partial charge in [0.25, 0.3) is 0 Å². The largest absolute Gasteiger partial charge is 0.392 e. The van der Waals surface area contributed by atoms with E-state index < -0.39 is 6.10 Å². The van der Waals surface area contributed by atoms with E-state index in [9.17, 15) is 9.90 Å². The molecule has 5 unspecified atom stereocenters. The van der Waals surface area contributed by atoms with Crippen LogP contribution in [-0.2, 0) is 28.5 Å². The van der Waals surface area contributed by atoms with Gasteiger partial charge in [0.2, 0.25) is 0 Å². The van der Waals surface area contributed by atoms with Gasteiger partial charge in [0, 0.05) is 32.1 Å². The lowest BCUT2D eigenvalue weighted by Gasteiger charge is -2.38. The van der Waals surface area contributed by atoms with Gasteiger partial charge in [-0.2, -0.15) is 0 Å². The van der Waals surface area contributed by atoms with Crippen LogP contribution in [-0.4, -0.2) is 92.2 Å². The molecule has 3 aliphatic heterocycles. The lowest BCUT2D eigenvalue weighted by atomic mass is 9.72. The molecule has 3 aliphatic carbocycles. The van der Waals surface area contributed by atoms with E-state index in [0.717, 1.165) is 122 Å². The maximum atomic E-state index is 14.4. The quantitative estimate of drug-likeness (QED) is 0.234.